The SMILES string of the molecule is O=[N+]([O-])c1ccc2c(c1)OCC(=NO)CS2. The Labute approximate surface area is 95.1 Å². The van der Waals surface area contributed by atoms with E-state index in [4.69, 9.17) is 9.94 Å². The molecule has 0 radical (unpaired) electrons. The normalized spacial score (nSPS) is 17.4. The second-order valence-electron chi connectivity index (χ2n) is 3.13. The molecule has 0 aliphatic carbocycles. The van der Waals surface area contributed by atoms with Crippen LogP contribution in [-0.4, -0.2) is 28.2 Å². The van der Waals surface area contributed by atoms with E-state index in [0.29, 0.717) is 17.2 Å². The average Bonchev–Trinajstić information content (AvgIpc) is 2.50. The number of fused-ring (bicyclic) bond motifs is 1. The van der Waals surface area contributed by atoms with Crippen molar-refractivity contribution in [3.8, 4) is 5.75 Å². The summed E-state index contributed by atoms with van der Waals surface area (Å²) >= 11 is 1.42. The maximum absolute atomic E-state index is 10.6. The molecule has 0 saturated carbocycles. The third kappa shape index (κ3) is 2.08. The van der Waals surface area contributed by atoms with Crippen molar-refractivity contribution in [2.75, 3.05) is 12.4 Å². The maximum atomic E-state index is 10.6. The summed E-state index contributed by atoms with van der Waals surface area (Å²) in [4.78, 5) is 10.9. The summed E-state index contributed by atoms with van der Waals surface area (Å²) in [5.41, 5.74) is 0.493. The second kappa shape index (κ2) is 4.40. The van der Waals surface area contributed by atoms with Gasteiger partial charge in [-0.1, -0.05) is 5.16 Å². The van der Waals surface area contributed by atoms with Crippen LogP contribution in [0.2, 0.25) is 0 Å². The summed E-state index contributed by atoms with van der Waals surface area (Å²) in [6, 6.07) is 4.44. The molecule has 0 bridgehead atoms. The molecule has 0 saturated heterocycles. The van der Waals surface area contributed by atoms with Crippen molar-refractivity contribution in [3.63, 3.8) is 0 Å². The number of nitro groups is 1. The van der Waals surface area contributed by atoms with Crippen LogP contribution in [0.5, 0.6) is 5.75 Å². The minimum atomic E-state index is -0.472. The summed E-state index contributed by atoms with van der Waals surface area (Å²) in [7, 11) is 0. The summed E-state index contributed by atoms with van der Waals surface area (Å²) in [5.74, 6) is 0.972. The van der Waals surface area contributed by atoms with Gasteiger partial charge in [-0.3, -0.25) is 10.1 Å². The number of benzene rings is 1. The Balaban J connectivity index is 2.32. The zero-order valence-corrected chi connectivity index (χ0v) is 8.94. The smallest absolute Gasteiger partial charge is 0.273 e. The summed E-state index contributed by atoms with van der Waals surface area (Å²) < 4.78 is 5.33. The molecule has 1 aliphatic heterocycles. The molecular weight excluding hydrogens is 232 g/mol. The minimum absolute atomic E-state index is 0.0104. The molecule has 7 heteroatoms. The molecule has 0 spiro atoms. The molecule has 0 unspecified atom stereocenters. The number of hydrogen-bond acceptors (Lipinski definition) is 6. The van der Waals surface area contributed by atoms with Crippen LogP contribution in [0.3, 0.4) is 0 Å². The van der Waals surface area contributed by atoms with Crippen LogP contribution in [0.4, 0.5) is 5.69 Å². The number of nitrogens with zero attached hydrogens (tertiary/aromatic N) is 2. The van der Waals surface area contributed by atoms with Crippen molar-refractivity contribution in [2.45, 2.75) is 4.90 Å². The van der Waals surface area contributed by atoms with Crippen LogP contribution in [0.25, 0.3) is 0 Å². The Morgan fingerprint density at radius 2 is 2.38 bits per heavy atom. The van der Waals surface area contributed by atoms with Crippen molar-refractivity contribution in [2.24, 2.45) is 5.16 Å². The molecule has 2 rings (SSSR count). The number of ether oxygens (including phenoxy) is 1. The van der Waals surface area contributed by atoms with Crippen molar-refractivity contribution in [3.05, 3.63) is 28.3 Å². The molecule has 1 aromatic carbocycles. The predicted molar refractivity (Wildman–Crippen MR) is 58.5 cm³/mol. The standard InChI is InChI=1S/C9H8N2O4S/c12-10-6-4-15-8-3-7(11(13)14)1-2-9(8)16-5-6/h1-3,12H,4-5H2. The molecule has 6 nitrogen and oxygen atoms in total. The van der Waals surface area contributed by atoms with Crippen LogP contribution in [-0.2, 0) is 0 Å². The number of non-ortho nitro benzene ring substituents is 1. The first-order valence-electron chi connectivity index (χ1n) is 4.44. The van der Waals surface area contributed by atoms with E-state index in [9.17, 15) is 10.1 Å². The lowest BCUT2D eigenvalue weighted by Crippen LogP contribution is -2.11. The van der Waals surface area contributed by atoms with E-state index in [2.05, 4.69) is 5.16 Å². The second-order valence-corrected chi connectivity index (χ2v) is 4.15. The molecule has 0 amide bonds. The van der Waals surface area contributed by atoms with Gasteiger partial charge in [0.15, 0.2) is 0 Å². The molecule has 1 N–H and O–H groups in total. The average molecular weight is 240 g/mol. The number of nitro benzene ring substituents is 1. The van der Waals surface area contributed by atoms with E-state index < -0.39 is 4.92 Å². The first kappa shape index (κ1) is 10.7. The van der Waals surface area contributed by atoms with Crippen LogP contribution < -0.4 is 4.74 Å². The van der Waals surface area contributed by atoms with Gasteiger partial charge in [0.05, 0.1) is 15.9 Å². The molecule has 84 valence electrons. The van der Waals surface area contributed by atoms with Crippen molar-refractivity contribution in [1.82, 2.24) is 0 Å². The van der Waals surface area contributed by atoms with Crippen molar-refractivity contribution in [1.29, 1.82) is 0 Å². The first-order chi connectivity index (χ1) is 7.70. The van der Waals surface area contributed by atoms with Gasteiger partial charge in [0.1, 0.15) is 18.1 Å². The summed E-state index contributed by atoms with van der Waals surface area (Å²) in [6.45, 7) is 0.150. The van der Waals surface area contributed by atoms with Gasteiger partial charge in [0.25, 0.3) is 5.69 Å². The van der Waals surface area contributed by atoms with Crippen molar-refractivity contribution < 1.29 is 14.9 Å². The number of hydrogen-bond donors (Lipinski definition) is 1. The van der Waals surface area contributed by atoms with Gasteiger partial charge >= 0.3 is 0 Å². The molecule has 1 heterocycles. The maximum Gasteiger partial charge on any atom is 0.273 e. The van der Waals surface area contributed by atoms with Gasteiger partial charge < -0.3 is 9.94 Å². The Morgan fingerprint density at radius 3 is 3.06 bits per heavy atom. The zero-order chi connectivity index (χ0) is 11.5. The monoisotopic (exact) mass is 240 g/mol. The number of thioether (sulfide) groups is 1. The van der Waals surface area contributed by atoms with E-state index >= 15 is 0 Å². The lowest BCUT2D eigenvalue weighted by Gasteiger charge is -2.04. The Morgan fingerprint density at radius 1 is 1.56 bits per heavy atom. The molecule has 0 aromatic heterocycles. The van der Waals surface area contributed by atoms with Gasteiger partial charge in [-0.2, -0.15) is 0 Å². The van der Waals surface area contributed by atoms with Crippen molar-refractivity contribution >= 4 is 23.2 Å². The van der Waals surface area contributed by atoms with Crippen LogP contribution in [0.1, 0.15) is 0 Å². The van der Waals surface area contributed by atoms with Crippen LogP contribution in [0.15, 0.2) is 28.3 Å². The van der Waals surface area contributed by atoms with E-state index in [-0.39, 0.29) is 12.3 Å². The third-order valence-electron chi connectivity index (χ3n) is 2.07. The topological polar surface area (TPSA) is 85.0 Å². The highest BCUT2D eigenvalue weighted by molar-refractivity contribution is 8.00. The summed E-state index contributed by atoms with van der Waals surface area (Å²) in [5, 5.41) is 22.3. The Kier molecular flexibility index (Phi) is 2.95. The molecule has 0 atom stereocenters. The summed E-state index contributed by atoms with van der Waals surface area (Å²) in [6.07, 6.45) is 0. The third-order valence-corrected chi connectivity index (χ3v) is 3.19. The van der Waals surface area contributed by atoms with E-state index in [0.717, 1.165) is 4.90 Å². The molecule has 1 aromatic rings. The van der Waals surface area contributed by atoms with Gasteiger partial charge in [0.2, 0.25) is 0 Å². The zero-order valence-electron chi connectivity index (χ0n) is 8.12. The fraction of sp³-hybridized carbons (Fsp3) is 0.222. The van der Waals surface area contributed by atoms with Crippen LogP contribution >= 0.6 is 11.8 Å². The van der Waals surface area contributed by atoms with Crippen LogP contribution in [0, 0.1) is 10.1 Å². The predicted octanol–water partition coefficient (Wildman–Crippen LogP) is 1.91. The molecular formula is C9H8N2O4S. The fourth-order valence-electron chi connectivity index (χ4n) is 1.26. The lowest BCUT2D eigenvalue weighted by molar-refractivity contribution is -0.385. The Bertz CT molecular complexity index is 461. The van der Waals surface area contributed by atoms with Gasteiger partial charge in [0, 0.05) is 11.8 Å². The van der Waals surface area contributed by atoms with E-state index in [1.165, 1.54) is 23.9 Å². The quantitative estimate of drug-likeness (QED) is 0.460. The number of oxime groups is 1. The highest BCUT2D eigenvalue weighted by Crippen LogP contribution is 2.34. The number of rotatable bonds is 1. The highest BCUT2D eigenvalue weighted by Gasteiger charge is 2.17. The lowest BCUT2D eigenvalue weighted by atomic mass is 10.3. The molecule has 16 heavy (non-hydrogen) atoms. The highest BCUT2D eigenvalue weighted by atomic mass is 32.2. The first-order valence-corrected chi connectivity index (χ1v) is 5.43. The largest absolute Gasteiger partial charge is 0.486 e. The fourth-order valence-corrected chi connectivity index (χ4v) is 2.15. The van der Waals surface area contributed by atoms with Gasteiger partial charge in [-0.25, -0.2) is 0 Å². The van der Waals surface area contributed by atoms with Gasteiger partial charge in [-0.15, -0.1) is 11.8 Å². The molecule has 0 fully saturated rings. The van der Waals surface area contributed by atoms with E-state index in [1.807, 2.05) is 0 Å². The van der Waals surface area contributed by atoms with Gasteiger partial charge in [-0.05, 0) is 6.07 Å². The molecule has 1 aliphatic rings. The Hall–Kier alpha value is -1.76. The minimum Gasteiger partial charge on any atom is -0.486 e. The van der Waals surface area contributed by atoms with E-state index in [1.54, 1.807) is 6.07 Å².